The van der Waals surface area contributed by atoms with Crippen molar-refractivity contribution < 1.29 is 5.21 Å². The lowest BCUT2D eigenvalue weighted by atomic mass is 10.1. The summed E-state index contributed by atoms with van der Waals surface area (Å²) in [5.74, 6) is 0.851. The molecule has 0 unspecified atom stereocenters. The van der Waals surface area contributed by atoms with Crippen LogP contribution >= 0.6 is 23.4 Å². The number of benzene rings is 2. The molecule has 0 saturated carbocycles. The summed E-state index contributed by atoms with van der Waals surface area (Å²) in [7, 11) is 0. The Kier molecular flexibility index (Phi) is 4.93. The van der Waals surface area contributed by atoms with Gasteiger partial charge >= 0.3 is 0 Å². The highest BCUT2D eigenvalue weighted by atomic mass is 35.5. The number of nitrogens with two attached hydrogens (primary N) is 1. The molecule has 0 radical (unpaired) electrons. The Hall–Kier alpha value is -1.65. The lowest BCUT2D eigenvalue weighted by Gasteiger charge is -2.10. The summed E-state index contributed by atoms with van der Waals surface area (Å²) in [5.41, 5.74) is 8.59. The zero-order chi connectivity index (χ0) is 14.5. The standard InChI is InChI=1S/C15H15ClN2OS/c1-10-6-7-14(12(8-10)15(17)18-19)20-9-11-4-2-3-5-13(11)16/h2-8,19H,9H2,1H3,(H2,17,18). The van der Waals surface area contributed by atoms with Crippen LogP contribution in [0.25, 0.3) is 0 Å². The normalized spacial score (nSPS) is 11.6. The van der Waals surface area contributed by atoms with Gasteiger partial charge in [-0.1, -0.05) is 46.6 Å². The summed E-state index contributed by atoms with van der Waals surface area (Å²) in [6, 6.07) is 13.6. The van der Waals surface area contributed by atoms with E-state index >= 15 is 0 Å². The molecule has 0 saturated heterocycles. The summed E-state index contributed by atoms with van der Waals surface area (Å²) >= 11 is 7.75. The Bertz CT molecular complexity index is 644. The fraction of sp³-hybridized carbons (Fsp3) is 0.133. The fourth-order valence-corrected chi connectivity index (χ4v) is 3.12. The smallest absolute Gasteiger partial charge is 0.171 e. The van der Waals surface area contributed by atoms with E-state index < -0.39 is 0 Å². The summed E-state index contributed by atoms with van der Waals surface area (Å²) in [6.45, 7) is 1.97. The molecule has 2 aromatic rings. The zero-order valence-corrected chi connectivity index (χ0v) is 12.6. The van der Waals surface area contributed by atoms with Gasteiger partial charge in [-0.2, -0.15) is 0 Å². The Labute approximate surface area is 127 Å². The van der Waals surface area contributed by atoms with Crippen molar-refractivity contribution in [1.82, 2.24) is 0 Å². The summed E-state index contributed by atoms with van der Waals surface area (Å²) in [4.78, 5) is 0.964. The van der Waals surface area contributed by atoms with Gasteiger partial charge in [-0.15, -0.1) is 11.8 Å². The number of oxime groups is 1. The maximum absolute atomic E-state index is 8.87. The van der Waals surface area contributed by atoms with Crippen molar-refractivity contribution in [2.75, 3.05) is 0 Å². The van der Waals surface area contributed by atoms with Gasteiger partial charge in [0.15, 0.2) is 5.84 Å². The predicted octanol–water partition coefficient (Wildman–Crippen LogP) is 4.04. The monoisotopic (exact) mass is 306 g/mol. The number of hydrogen-bond acceptors (Lipinski definition) is 3. The predicted molar refractivity (Wildman–Crippen MR) is 84.7 cm³/mol. The van der Waals surface area contributed by atoms with E-state index in [2.05, 4.69) is 5.16 Å². The fourth-order valence-electron chi connectivity index (χ4n) is 1.79. The van der Waals surface area contributed by atoms with Gasteiger partial charge in [0.2, 0.25) is 0 Å². The second kappa shape index (κ2) is 6.68. The van der Waals surface area contributed by atoms with Gasteiger partial charge < -0.3 is 10.9 Å². The van der Waals surface area contributed by atoms with E-state index in [0.717, 1.165) is 32.4 Å². The number of aryl methyl sites for hydroxylation is 1. The molecule has 0 fully saturated rings. The molecule has 0 heterocycles. The maximum Gasteiger partial charge on any atom is 0.171 e. The highest BCUT2D eigenvalue weighted by molar-refractivity contribution is 7.98. The van der Waals surface area contributed by atoms with Crippen LogP contribution in [0.4, 0.5) is 0 Å². The first-order chi connectivity index (χ1) is 9.61. The minimum absolute atomic E-state index is 0.121. The molecule has 0 aromatic heterocycles. The molecule has 0 aliphatic rings. The average molecular weight is 307 g/mol. The van der Waals surface area contributed by atoms with Crippen molar-refractivity contribution in [1.29, 1.82) is 0 Å². The Morgan fingerprint density at radius 1 is 1.30 bits per heavy atom. The first-order valence-electron chi connectivity index (χ1n) is 6.06. The van der Waals surface area contributed by atoms with Gasteiger partial charge in [-0.3, -0.25) is 0 Å². The van der Waals surface area contributed by atoms with Crippen molar-refractivity contribution in [2.24, 2.45) is 10.9 Å². The maximum atomic E-state index is 8.87. The van der Waals surface area contributed by atoms with Crippen LogP contribution in [-0.4, -0.2) is 11.0 Å². The van der Waals surface area contributed by atoms with Gasteiger partial charge in [0.05, 0.1) is 0 Å². The van der Waals surface area contributed by atoms with Crippen LogP contribution in [0.3, 0.4) is 0 Å². The zero-order valence-electron chi connectivity index (χ0n) is 11.0. The SMILES string of the molecule is Cc1ccc(SCc2ccccc2Cl)c(/C(N)=N/O)c1. The molecular weight excluding hydrogens is 292 g/mol. The number of amidine groups is 1. The highest BCUT2D eigenvalue weighted by Gasteiger charge is 2.09. The van der Waals surface area contributed by atoms with E-state index in [1.807, 2.05) is 49.4 Å². The minimum atomic E-state index is 0.121. The van der Waals surface area contributed by atoms with Gasteiger partial charge in [0, 0.05) is 21.2 Å². The van der Waals surface area contributed by atoms with Crippen molar-refractivity contribution in [3.63, 3.8) is 0 Å². The molecule has 5 heteroatoms. The van der Waals surface area contributed by atoms with Crippen molar-refractivity contribution in [2.45, 2.75) is 17.6 Å². The lowest BCUT2D eigenvalue weighted by Crippen LogP contribution is -2.14. The van der Waals surface area contributed by atoms with Crippen molar-refractivity contribution in [3.05, 3.63) is 64.2 Å². The number of thioether (sulfide) groups is 1. The van der Waals surface area contributed by atoms with Crippen LogP contribution in [0.1, 0.15) is 16.7 Å². The number of nitrogens with zero attached hydrogens (tertiary/aromatic N) is 1. The average Bonchev–Trinajstić information content (AvgIpc) is 2.46. The molecule has 0 aliphatic carbocycles. The molecule has 0 amide bonds. The van der Waals surface area contributed by atoms with Gasteiger partial charge in [-0.25, -0.2) is 0 Å². The third-order valence-electron chi connectivity index (χ3n) is 2.86. The number of halogens is 1. The van der Waals surface area contributed by atoms with Crippen LogP contribution < -0.4 is 5.73 Å². The number of rotatable bonds is 4. The molecule has 2 rings (SSSR count). The van der Waals surface area contributed by atoms with Gasteiger partial charge in [0.25, 0.3) is 0 Å². The van der Waals surface area contributed by atoms with Gasteiger partial charge in [0.1, 0.15) is 0 Å². The van der Waals surface area contributed by atoms with E-state index in [4.69, 9.17) is 22.5 Å². The molecule has 104 valence electrons. The van der Waals surface area contributed by atoms with E-state index in [0.29, 0.717) is 0 Å². The quantitative estimate of drug-likeness (QED) is 0.295. The van der Waals surface area contributed by atoms with E-state index in [1.165, 1.54) is 0 Å². The molecule has 0 aliphatic heterocycles. The molecule has 2 aromatic carbocycles. The summed E-state index contributed by atoms with van der Waals surface area (Å²) < 4.78 is 0. The Morgan fingerprint density at radius 2 is 2.05 bits per heavy atom. The van der Waals surface area contributed by atoms with E-state index in [1.54, 1.807) is 11.8 Å². The van der Waals surface area contributed by atoms with Crippen LogP contribution in [-0.2, 0) is 5.75 Å². The van der Waals surface area contributed by atoms with E-state index in [9.17, 15) is 0 Å². The van der Waals surface area contributed by atoms with Crippen molar-refractivity contribution >= 4 is 29.2 Å². The molecule has 0 atom stereocenters. The molecular formula is C15H15ClN2OS. The largest absolute Gasteiger partial charge is 0.409 e. The molecule has 0 bridgehead atoms. The second-order valence-corrected chi connectivity index (χ2v) is 5.79. The Balaban J connectivity index is 2.24. The van der Waals surface area contributed by atoms with Crippen LogP contribution in [0.5, 0.6) is 0 Å². The first-order valence-corrected chi connectivity index (χ1v) is 7.43. The van der Waals surface area contributed by atoms with Crippen molar-refractivity contribution in [3.8, 4) is 0 Å². The third-order valence-corrected chi connectivity index (χ3v) is 4.35. The second-order valence-electron chi connectivity index (χ2n) is 4.36. The van der Waals surface area contributed by atoms with Gasteiger partial charge in [-0.05, 0) is 30.7 Å². The number of hydrogen-bond donors (Lipinski definition) is 2. The highest BCUT2D eigenvalue weighted by Crippen LogP contribution is 2.29. The van der Waals surface area contributed by atoms with E-state index in [-0.39, 0.29) is 5.84 Å². The summed E-state index contributed by atoms with van der Waals surface area (Å²) in [6.07, 6.45) is 0. The summed E-state index contributed by atoms with van der Waals surface area (Å²) in [5, 5.41) is 12.7. The van der Waals surface area contributed by atoms with Crippen LogP contribution in [0, 0.1) is 6.92 Å². The first kappa shape index (κ1) is 14.8. The third kappa shape index (κ3) is 3.46. The topological polar surface area (TPSA) is 58.6 Å². The molecule has 3 N–H and O–H groups in total. The lowest BCUT2D eigenvalue weighted by molar-refractivity contribution is 0.318. The molecule has 0 spiro atoms. The Morgan fingerprint density at radius 3 is 2.75 bits per heavy atom. The molecule has 20 heavy (non-hydrogen) atoms. The minimum Gasteiger partial charge on any atom is -0.409 e. The van der Waals surface area contributed by atoms with Crippen LogP contribution in [0.2, 0.25) is 5.02 Å². The van der Waals surface area contributed by atoms with Crippen LogP contribution in [0.15, 0.2) is 52.5 Å². The molecule has 3 nitrogen and oxygen atoms in total.